The van der Waals surface area contributed by atoms with E-state index in [1.54, 1.807) is 36.4 Å². The first-order valence-corrected chi connectivity index (χ1v) is 9.36. The molecule has 0 spiro atoms. The summed E-state index contributed by atoms with van der Waals surface area (Å²) in [5.41, 5.74) is 2.45. The van der Waals surface area contributed by atoms with E-state index in [1.165, 1.54) is 14.0 Å². The molecule has 0 bridgehead atoms. The average molecular weight is 399 g/mol. The van der Waals surface area contributed by atoms with Crippen LogP contribution in [-0.2, 0) is 16.1 Å². The fourth-order valence-corrected chi connectivity index (χ4v) is 3.20. The largest absolute Gasteiger partial charge is 0.504 e. The molecule has 2 aromatic rings. The standard InChI is InChI=1S/C21H25N3O5/c1-13(25)24-15-4-5-16(20-12-22-7-8-29-20)17(10-15)21(27)23-11-14-3-6-19(28-2)18(26)9-14/h3-6,9-10,20,22,26H,7-8,11-12H2,1-2H3,(H,23,27)(H,24,25). The van der Waals surface area contributed by atoms with Crippen LogP contribution in [0.3, 0.4) is 0 Å². The monoisotopic (exact) mass is 399 g/mol. The van der Waals surface area contributed by atoms with Gasteiger partial charge in [0.15, 0.2) is 11.5 Å². The number of phenols is 1. The van der Waals surface area contributed by atoms with Crippen LogP contribution in [-0.4, -0.2) is 43.7 Å². The van der Waals surface area contributed by atoms with Crippen molar-refractivity contribution in [2.45, 2.75) is 19.6 Å². The average Bonchev–Trinajstić information content (AvgIpc) is 2.72. The second kappa shape index (κ2) is 9.40. The summed E-state index contributed by atoms with van der Waals surface area (Å²) in [6, 6.07) is 10.2. The molecule has 1 aliphatic rings. The third-order valence-electron chi connectivity index (χ3n) is 4.59. The minimum atomic E-state index is -0.295. The van der Waals surface area contributed by atoms with E-state index in [-0.39, 0.29) is 30.2 Å². The van der Waals surface area contributed by atoms with E-state index in [9.17, 15) is 14.7 Å². The van der Waals surface area contributed by atoms with Gasteiger partial charge in [0.1, 0.15) is 0 Å². The fourth-order valence-electron chi connectivity index (χ4n) is 3.20. The summed E-state index contributed by atoms with van der Waals surface area (Å²) >= 11 is 0. The Kier molecular flexibility index (Phi) is 6.69. The molecule has 0 saturated carbocycles. The van der Waals surface area contributed by atoms with Crippen LogP contribution in [0.4, 0.5) is 5.69 Å². The fraction of sp³-hybridized carbons (Fsp3) is 0.333. The maximum absolute atomic E-state index is 12.9. The Labute approximate surface area is 169 Å². The molecule has 1 unspecified atom stereocenters. The molecular formula is C21H25N3O5. The Balaban J connectivity index is 1.80. The molecule has 1 heterocycles. The minimum Gasteiger partial charge on any atom is -0.504 e. The number of hydrogen-bond acceptors (Lipinski definition) is 6. The van der Waals surface area contributed by atoms with Crippen molar-refractivity contribution in [3.05, 3.63) is 53.1 Å². The van der Waals surface area contributed by atoms with E-state index in [2.05, 4.69) is 16.0 Å². The SMILES string of the molecule is COc1ccc(CNC(=O)c2cc(NC(C)=O)ccc2C2CNCCO2)cc1O. The zero-order valence-electron chi connectivity index (χ0n) is 16.5. The summed E-state index contributed by atoms with van der Waals surface area (Å²) in [4.78, 5) is 24.3. The molecule has 4 N–H and O–H groups in total. The first-order valence-electron chi connectivity index (χ1n) is 9.36. The Hall–Kier alpha value is -3.10. The topological polar surface area (TPSA) is 109 Å². The van der Waals surface area contributed by atoms with Gasteiger partial charge in [0.05, 0.1) is 19.8 Å². The van der Waals surface area contributed by atoms with Gasteiger partial charge in [0.2, 0.25) is 5.91 Å². The molecule has 1 fully saturated rings. The Bertz CT molecular complexity index is 894. The number of morpholine rings is 1. The van der Waals surface area contributed by atoms with Crippen molar-refractivity contribution < 1.29 is 24.2 Å². The molecule has 2 aromatic carbocycles. The summed E-state index contributed by atoms with van der Waals surface area (Å²) in [5.74, 6) is -0.133. The predicted octanol–water partition coefficient (Wildman–Crippen LogP) is 1.95. The van der Waals surface area contributed by atoms with Crippen molar-refractivity contribution in [3.8, 4) is 11.5 Å². The van der Waals surface area contributed by atoms with E-state index in [4.69, 9.17) is 9.47 Å². The number of methoxy groups -OCH3 is 1. The number of carbonyl (C=O) groups excluding carboxylic acids is 2. The van der Waals surface area contributed by atoms with Gasteiger partial charge in [-0.3, -0.25) is 9.59 Å². The van der Waals surface area contributed by atoms with Gasteiger partial charge >= 0.3 is 0 Å². The summed E-state index contributed by atoms with van der Waals surface area (Å²) in [5, 5.41) is 18.7. The molecule has 0 aromatic heterocycles. The first-order chi connectivity index (χ1) is 14.0. The molecule has 0 aliphatic carbocycles. The number of amides is 2. The van der Waals surface area contributed by atoms with Crippen molar-refractivity contribution in [1.82, 2.24) is 10.6 Å². The van der Waals surface area contributed by atoms with E-state index < -0.39 is 0 Å². The van der Waals surface area contributed by atoms with Gasteiger partial charge in [0.25, 0.3) is 5.91 Å². The van der Waals surface area contributed by atoms with Gasteiger partial charge < -0.3 is 30.5 Å². The second-order valence-electron chi connectivity index (χ2n) is 6.74. The highest BCUT2D eigenvalue weighted by Crippen LogP contribution is 2.27. The van der Waals surface area contributed by atoms with Crippen LogP contribution in [0.1, 0.15) is 34.5 Å². The molecule has 0 radical (unpaired) electrons. The Morgan fingerprint density at radius 1 is 1.28 bits per heavy atom. The smallest absolute Gasteiger partial charge is 0.252 e. The summed E-state index contributed by atoms with van der Waals surface area (Å²) in [6.07, 6.45) is -0.249. The van der Waals surface area contributed by atoms with Gasteiger partial charge in [-0.1, -0.05) is 12.1 Å². The van der Waals surface area contributed by atoms with Crippen molar-refractivity contribution in [2.75, 3.05) is 32.1 Å². The number of carbonyl (C=O) groups is 2. The van der Waals surface area contributed by atoms with Crippen LogP contribution in [0.5, 0.6) is 11.5 Å². The Morgan fingerprint density at radius 2 is 2.10 bits per heavy atom. The van der Waals surface area contributed by atoms with Crippen LogP contribution in [0.25, 0.3) is 0 Å². The van der Waals surface area contributed by atoms with Crippen molar-refractivity contribution >= 4 is 17.5 Å². The predicted molar refractivity (Wildman–Crippen MR) is 108 cm³/mol. The number of rotatable bonds is 6. The van der Waals surface area contributed by atoms with Crippen LogP contribution in [0.2, 0.25) is 0 Å². The lowest BCUT2D eigenvalue weighted by molar-refractivity contribution is -0.114. The van der Waals surface area contributed by atoms with E-state index in [0.717, 1.165) is 17.7 Å². The van der Waals surface area contributed by atoms with Gasteiger partial charge in [-0.15, -0.1) is 0 Å². The van der Waals surface area contributed by atoms with E-state index in [0.29, 0.717) is 30.2 Å². The summed E-state index contributed by atoms with van der Waals surface area (Å²) < 4.78 is 10.8. The lowest BCUT2D eigenvalue weighted by Gasteiger charge is -2.26. The molecule has 154 valence electrons. The van der Waals surface area contributed by atoms with Crippen molar-refractivity contribution in [1.29, 1.82) is 0 Å². The quantitative estimate of drug-likeness (QED) is 0.591. The molecule has 3 rings (SSSR count). The highest BCUT2D eigenvalue weighted by Gasteiger charge is 2.22. The van der Waals surface area contributed by atoms with E-state index in [1.807, 2.05) is 0 Å². The zero-order valence-corrected chi connectivity index (χ0v) is 16.5. The second-order valence-corrected chi connectivity index (χ2v) is 6.74. The number of phenolic OH excluding ortho intramolecular Hbond substituents is 1. The van der Waals surface area contributed by atoms with Crippen LogP contribution in [0.15, 0.2) is 36.4 Å². The molecule has 8 nitrogen and oxygen atoms in total. The van der Waals surface area contributed by atoms with Crippen molar-refractivity contribution in [3.63, 3.8) is 0 Å². The lowest BCUT2D eigenvalue weighted by atomic mass is 9.99. The van der Waals surface area contributed by atoms with E-state index >= 15 is 0 Å². The molecule has 2 amide bonds. The Morgan fingerprint density at radius 3 is 2.76 bits per heavy atom. The third-order valence-corrected chi connectivity index (χ3v) is 4.59. The normalized spacial score (nSPS) is 16.1. The molecule has 29 heavy (non-hydrogen) atoms. The third kappa shape index (κ3) is 5.24. The molecule has 1 atom stereocenters. The number of benzene rings is 2. The number of aromatic hydroxyl groups is 1. The molecular weight excluding hydrogens is 374 g/mol. The summed E-state index contributed by atoms with van der Waals surface area (Å²) in [7, 11) is 1.47. The van der Waals surface area contributed by atoms with Crippen LogP contribution < -0.4 is 20.7 Å². The maximum atomic E-state index is 12.9. The van der Waals surface area contributed by atoms with Crippen LogP contribution in [0, 0.1) is 0 Å². The van der Waals surface area contributed by atoms with Gasteiger partial charge in [-0.2, -0.15) is 0 Å². The zero-order chi connectivity index (χ0) is 20.8. The number of ether oxygens (including phenoxy) is 2. The minimum absolute atomic E-state index is 0.00859. The first kappa shape index (κ1) is 20.6. The van der Waals surface area contributed by atoms with Gasteiger partial charge in [-0.25, -0.2) is 0 Å². The highest BCUT2D eigenvalue weighted by atomic mass is 16.5. The number of hydrogen-bond donors (Lipinski definition) is 4. The molecule has 1 saturated heterocycles. The number of nitrogens with one attached hydrogen (secondary N) is 3. The van der Waals surface area contributed by atoms with Crippen LogP contribution >= 0.6 is 0 Å². The maximum Gasteiger partial charge on any atom is 0.252 e. The van der Waals surface area contributed by atoms with Gasteiger partial charge in [0, 0.05) is 37.8 Å². The summed E-state index contributed by atoms with van der Waals surface area (Å²) in [6.45, 7) is 3.57. The molecule has 1 aliphatic heterocycles. The lowest BCUT2D eigenvalue weighted by Crippen LogP contribution is -2.35. The molecule has 8 heteroatoms. The highest BCUT2D eigenvalue weighted by molar-refractivity contribution is 5.98. The van der Waals surface area contributed by atoms with Gasteiger partial charge in [-0.05, 0) is 35.4 Å². The number of anilines is 1. The van der Waals surface area contributed by atoms with Crippen molar-refractivity contribution in [2.24, 2.45) is 0 Å².